The van der Waals surface area contributed by atoms with Crippen LogP contribution in [0.2, 0.25) is 0 Å². The van der Waals surface area contributed by atoms with Gasteiger partial charge in [0.2, 0.25) is 0 Å². The average molecular weight is 345 g/mol. The summed E-state index contributed by atoms with van der Waals surface area (Å²) in [5, 5.41) is 0. The molecule has 3 aliphatic heterocycles. The molecule has 0 saturated carbocycles. The molecule has 1 atom stereocenters. The van der Waals surface area contributed by atoms with Crippen molar-refractivity contribution in [3.63, 3.8) is 0 Å². The second-order valence-electron chi connectivity index (χ2n) is 8.08. The van der Waals surface area contributed by atoms with Gasteiger partial charge in [-0.3, -0.25) is 4.98 Å². The molecule has 4 heterocycles. The second-order valence-corrected chi connectivity index (χ2v) is 8.08. The number of rotatable bonds is 3. The minimum atomic E-state index is 0.260. The highest BCUT2D eigenvalue weighted by atomic mass is 16.5. The number of likely N-dealkylation sites (tertiary alicyclic amines) is 1. The molecule has 1 aromatic rings. The van der Waals surface area contributed by atoms with Gasteiger partial charge in [-0.05, 0) is 50.3 Å². The van der Waals surface area contributed by atoms with Gasteiger partial charge >= 0.3 is 0 Å². The van der Waals surface area contributed by atoms with Crippen molar-refractivity contribution in [2.75, 3.05) is 64.1 Å². The van der Waals surface area contributed by atoms with E-state index < -0.39 is 0 Å². The fourth-order valence-corrected chi connectivity index (χ4v) is 4.76. The summed E-state index contributed by atoms with van der Waals surface area (Å²) in [5.74, 6) is 0.810. The molecule has 0 radical (unpaired) electrons. The van der Waals surface area contributed by atoms with Crippen LogP contribution < -0.4 is 4.90 Å². The molecule has 0 aliphatic carbocycles. The van der Waals surface area contributed by atoms with E-state index >= 15 is 0 Å². The summed E-state index contributed by atoms with van der Waals surface area (Å²) >= 11 is 0. The number of hydrogen-bond donors (Lipinski definition) is 0. The average Bonchev–Trinajstić information content (AvgIpc) is 2.86. The molecule has 5 nitrogen and oxygen atoms in total. The van der Waals surface area contributed by atoms with Gasteiger partial charge in [-0.1, -0.05) is 0 Å². The van der Waals surface area contributed by atoms with Crippen LogP contribution in [0.25, 0.3) is 0 Å². The Hall–Kier alpha value is -1.17. The van der Waals surface area contributed by atoms with E-state index in [0.717, 1.165) is 45.4 Å². The highest BCUT2D eigenvalue weighted by molar-refractivity contribution is 5.44. The minimum absolute atomic E-state index is 0.260. The van der Waals surface area contributed by atoms with Crippen LogP contribution >= 0.6 is 0 Å². The predicted molar refractivity (Wildman–Crippen MR) is 98.9 cm³/mol. The summed E-state index contributed by atoms with van der Waals surface area (Å²) in [6.07, 6.45) is 8.84. The third kappa shape index (κ3) is 4.33. The lowest BCUT2D eigenvalue weighted by atomic mass is 9.79. The number of piperidine rings is 1. The molecule has 1 aromatic heterocycles. The van der Waals surface area contributed by atoms with Crippen LogP contribution in [0.3, 0.4) is 0 Å². The van der Waals surface area contributed by atoms with Crippen LogP contribution in [0.15, 0.2) is 24.5 Å². The quantitative estimate of drug-likeness (QED) is 0.841. The largest absolute Gasteiger partial charge is 0.381 e. The number of ether oxygens (including phenoxy) is 2. The second kappa shape index (κ2) is 8.02. The van der Waals surface area contributed by atoms with Crippen LogP contribution in [-0.4, -0.2) is 69.0 Å². The molecule has 25 heavy (non-hydrogen) atoms. The Morgan fingerprint density at radius 3 is 2.88 bits per heavy atom. The van der Waals surface area contributed by atoms with E-state index in [1.54, 1.807) is 0 Å². The van der Waals surface area contributed by atoms with Crippen LogP contribution in [-0.2, 0) is 9.47 Å². The Morgan fingerprint density at radius 2 is 2.04 bits per heavy atom. The Balaban J connectivity index is 1.43. The minimum Gasteiger partial charge on any atom is -0.381 e. The number of aromatic nitrogens is 1. The summed E-state index contributed by atoms with van der Waals surface area (Å²) < 4.78 is 11.6. The zero-order valence-electron chi connectivity index (χ0n) is 15.2. The third-order valence-corrected chi connectivity index (χ3v) is 6.05. The van der Waals surface area contributed by atoms with Crippen LogP contribution in [0, 0.1) is 11.3 Å². The number of pyridine rings is 1. The smallest absolute Gasteiger partial charge is 0.0641 e. The van der Waals surface area contributed by atoms with E-state index in [0.29, 0.717) is 0 Å². The van der Waals surface area contributed by atoms with E-state index in [-0.39, 0.29) is 5.41 Å². The monoisotopic (exact) mass is 345 g/mol. The SMILES string of the molecule is c1cncc(N2CCOC[C@@]3(CCCN(CC4CCOCC4)C3)C2)c1. The van der Waals surface area contributed by atoms with Crippen molar-refractivity contribution in [1.82, 2.24) is 9.88 Å². The Kier molecular flexibility index (Phi) is 5.54. The van der Waals surface area contributed by atoms with Gasteiger partial charge in [0, 0.05) is 51.0 Å². The Labute approximate surface area is 151 Å². The molecular formula is C20H31N3O2. The van der Waals surface area contributed by atoms with Crippen molar-refractivity contribution in [2.45, 2.75) is 25.7 Å². The number of nitrogens with zero attached hydrogens (tertiary/aromatic N) is 3. The van der Waals surface area contributed by atoms with Crippen molar-refractivity contribution < 1.29 is 9.47 Å². The fourth-order valence-electron chi connectivity index (χ4n) is 4.76. The zero-order chi connectivity index (χ0) is 17.0. The van der Waals surface area contributed by atoms with E-state index in [1.165, 1.54) is 51.0 Å². The zero-order valence-corrected chi connectivity index (χ0v) is 15.2. The predicted octanol–water partition coefficient (Wildman–Crippen LogP) is 2.43. The lowest BCUT2D eigenvalue weighted by Gasteiger charge is -2.45. The van der Waals surface area contributed by atoms with E-state index in [1.807, 2.05) is 18.5 Å². The molecule has 3 aliphatic rings. The lowest BCUT2D eigenvalue weighted by molar-refractivity contribution is -0.00278. The van der Waals surface area contributed by atoms with Gasteiger partial charge < -0.3 is 19.3 Å². The summed E-state index contributed by atoms with van der Waals surface area (Å²) in [6, 6.07) is 4.21. The van der Waals surface area contributed by atoms with Gasteiger partial charge in [0.15, 0.2) is 0 Å². The van der Waals surface area contributed by atoms with Crippen molar-refractivity contribution in [1.29, 1.82) is 0 Å². The first-order chi connectivity index (χ1) is 12.3. The molecule has 1 spiro atoms. The van der Waals surface area contributed by atoms with Gasteiger partial charge in [-0.25, -0.2) is 0 Å². The molecule has 5 heteroatoms. The topological polar surface area (TPSA) is 37.8 Å². The van der Waals surface area contributed by atoms with Crippen LogP contribution in [0.1, 0.15) is 25.7 Å². The van der Waals surface area contributed by atoms with Crippen molar-refractivity contribution in [2.24, 2.45) is 11.3 Å². The maximum atomic E-state index is 6.07. The van der Waals surface area contributed by atoms with Gasteiger partial charge in [0.05, 0.1) is 25.1 Å². The summed E-state index contributed by atoms with van der Waals surface area (Å²) in [4.78, 5) is 9.50. The maximum absolute atomic E-state index is 6.07. The van der Waals surface area contributed by atoms with Gasteiger partial charge in [0.1, 0.15) is 0 Å². The molecule has 4 rings (SSSR count). The number of anilines is 1. The standard InChI is InChI=1S/C20H31N3O2/c1-3-19(13-21-7-1)23-9-12-25-17-20(16-23)6-2-8-22(15-20)14-18-4-10-24-11-5-18/h1,3,7,13,18H,2,4-6,8-12,14-17H2/t20-/m1/s1. The fraction of sp³-hybridized carbons (Fsp3) is 0.750. The summed E-state index contributed by atoms with van der Waals surface area (Å²) in [7, 11) is 0. The molecule has 3 saturated heterocycles. The van der Waals surface area contributed by atoms with Gasteiger partial charge in [0.25, 0.3) is 0 Å². The summed E-state index contributed by atoms with van der Waals surface area (Å²) in [6.45, 7) is 9.30. The molecule has 0 bridgehead atoms. The van der Waals surface area contributed by atoms with Gasteiger partial charge in [-0.2, -0.15) is 0 Å². The highest BCUT2D eigenvalue weighted by Gasteiger charge is 2.39. The summed E-state index contributed by atoms with van der Waals surface area (Å²) in [5.41, 5.74) is 1.49. The van der Waals surface area contributed by atoms with Gasteiger partial charge in [-0.15, -0.1) is 0 Å². The molecule has 0 amide bonds. The van der Waals surface area contributed by atoms with Crippen molar-refractivity contribution in [3.05, 3.63) is 24.5 Å². The molecule has 3 fully saturated rings. The molecule has 138 valence electrons. The van der Waals surface area contributed by atoms with E-state index in [4.69, 9.17) is 9.47 Å². The highest BCUT2D eigenvalue weighted by Crippen LogP contribution is 2.35. The third-order valence-electron chi connectivity index (χ3n) is 6.05. The first-order valence-corrected chi connectivity index (χ1v) is 9.86. The number of hydrogen-bond acceptors (Lipinski definition) is 5. The molecule has 0 aromatic carbocycles. The van der Waals surface area contributed by atoms with E-state index in [2.05, 4.69) is 20.9 Å². The van der Waals surface area contributed by atoms with E-state index in [9.17, 15) is 0 Å². The molecule has 0 N–H and O–H groups in total. The van der Waals surface area contributed by atoms with Crippen molar-refractivity contribution >= 4 is 5.69 Å². The normalized spacial score (nSPS) is 29.7. The first kappa shape index (κ1) is 17.3. The molecule has 0 unspecified atom stereocenters. The van der Waals surface area contributed by atoms with Crippen LogP contribution in [0.4, 0.5) is 5.69 Å². The Morgan fingerprint density at radius 1 is 1.12 bits per heavy atom. The molecular weight excluding hydrogens is 314 g/mol. The van der Waals surface area contributed by atoms with Crippen molar-refractivity contribution in [3.8, 4) is 0 Å². The lowest BCUT2D eigenvalue weighted by Crippen LogP contribution is -2.51. The maximum Gasteiger partial charge on any atom is 0.0641 e. The first-order valence-electron chi connectivity index (χ1n) is 9.86. The Bertz CT molecular complexity index is 535. The van der Waals surface area contributed by atoms with Crippen LogP contribution in [0.5, 0.6) is 0 Å².